The summed E-state index contributed by atoms with van der Waals surface area (Å²) in [5.41, 5.74) is 1.47. The third kappa shape index (κ3) is 4.97. The Morgan fingerprint density at radius 2 is 1.78 bits per heavy atom. The van der Waals surface area contributed by atoms with Gasteiger partial charge < -0.3 is 9.64 Å². The number of hydrogen-bond acceptors (Lipinski definition) is 5. The molecule has 0 saturated heterocycles. The van der Waals surface area contributed by atoms with Gasteiger partial charge in [-0.15, -0.1) is 12.4 Å². The molecule has 3 aromatic rings. The first-order valence-corrected chi connectivity index (χ1v) is 9.37. The van der Waals surface area contributed by atoms with Gasteiger partial charge in [-0.1, -0.05) is 35.6 Å². The first kappa shape index (κ1) is 21.2. The fourth-order valence-electron chi connectivity index (χ4n) is 2.77. The van der Waals surface area contributed by atoms with Gasteiger partial charge in [-0.3, -0.25) is 9.69 Å². The number of para-hydroxylation sites is 2. The van der Waals surface area contributed by atoms with Crippen LogP contribution in [0.25, 0.3) is 10.2 Å². The van der Waals surface area contributed by atoms with Crippen molar-refractivity contribution in [3.8, 4) is 5.75 Å². The predicted molar refractivity (Wildman–Crippen MR) is 115 cm³/mol. The van der Waals surface area contributed by atoms with E-state index in [0.29, 0.717) is 17.9 Å². The fraction of sp³-hybridized carbons (Fsp3) is 0.300. The summed E-state index contributed by atoms with van der Waals surface area (Å²) in [5.74, 6) is 0.497. The van der Waals surface area contributed by atoms with Gasteiger partial charge in [-0.2, -0.15) is 0 Å². The Morgan fingerprint density at radius 1 is 1.07 bits per heavy atom. The summed E-state index contributed by atoms with van der Waals surface area (Å²) in [6, 6.07) is 15.3. The van der Waals surface area contributed by atoms with Crippen LogP contribution < -0.4 is 9.64 Å². The number of methoxy groups -OCH3 is 1. The molecule has 7 heteroatoms. The van der Waals surface area contributed by atoms with Crippen LogP contribution in [-0.4, -0.2) is 50.1 Å². The molecule has 1 aromatic heterocycles. The summed E-state index contributed by atoms with van der Waals surface area (Å²) < 4.78 is 6.46. The topological polar surface area (TPSA) is 45.7 Å². The summed E-state index contributed by atoms with van der Waals surface area (Å²) >= 11 is 1.54. The van der Waals surface area contributed by atoms with E-state index in [1.807, 2.05) is 56.6 Å². The molecule has 3 rings (SSSR count). The molecule has 0 bridgehead atoms. The zero-order chi connectivity index (χ0) is 18.5. The number of carbonyl (C=O) groups excluding carboxylic acids is 1. The number of nitrogens with zero attached hydrogens (tertiary/aromatic N) is 3. The number of thiazole rings is 1. The van der Waals surface area contributed by atoms with Gasteiger partial charge in [0.15, 0.2) is 5.13 Å². The Morgan fingerprint density at radius 3 is 2.48 bits per heavy atom. The van der Waals surface area contributed by atoms with Crippen LogP contribution in [-0.2, 0) is 0 Å². The van der Waals surface area contributed by atoms with Gasteiger partial charge in [-0.05, 0) is 51.3 Å². The van der Waals surface area contributed by atoms with Crippen molar-refractivity contribution in [3.63, 3.8) is 0 Å². The van der Waals surface area contributed by atoms with E-state index in [4.69, 9.17) is 4.74 Å². The van der Waals surface area contributed by atoms with Crippen LogP contribution >= 0.6 is 23.7 Å². The number of fused-ring (bicyclic) bond motifs is 1. The van der Waals surface area contributed by atoms with Crippen LogP contribution in [0.3, 0.4) is 0 Å². The highest BCUT2D eigenvalue weighted by Crippen LogP contribution is 2.31. The van der Waals surface area contributed by atoms with Gasteiger partial charge >= 0.3 is 0 Å². The van der Waals surface area contributed by atoms with Crippen molar-refractivity contribution in [1.29, 1.82) is 0 Å². The van der Waals surface area contributed by atoms with Crippen molar-refractivity contribution in [1.82, 2.24) is 9.88 Å². The summed E-state index contributed by atoms with van der Waals surface area (Å²) in [4.78, 5) is 21.8. The first-order valence-electron chi connectivity index (χ1n) is 8.55. The van der Waals surface area contributed by atoms with E-state index in [2.05, 4.69) is 9.88 Å². The zero-order valence-corrected chi connectivity index (χ0v) is 17.3. The van der Waals surface area contributed by atoms with Gasteiger partial charge in [0.1, 0.15) is 5.75 Å². The lowest BCUT2D eigenvalue weighted by Crippen LogP contribution is -2.33. The molecule has 1 amide bonds. The summed E-state index contributed by atoms with van der Waals surface area (Å²) in [6.45, 7) is 1.51. The Kier molecular flexibility index (Phi) is 7.59. The molecule has 0 radical (unpaired) electrons. The van der Waals surface area contributed by atoms with E-state index < -0.39 is 0 Å². The second-order valence-corrected chi connectivity index (χ2v) is 7.29. The van der Waals surface area contributed by atoms with E-state index in [1.165, 1.54) is 0 Å². The number of rotatable bonds is 7. The Bertz CT molecular complexity index is 865. The van der Waals surface area contributed by atoms with Crippen LogP contribution in [0.4, 0.5) is 5.13 Å². The second kappa shape index (κ2) is 9.69. The Hall–Kier alpha value is -2.15. The highest BCUT2D eigenvalue weighted by atomic mass is 35.5. The van der Waals surface area contributed by atoms with Crippen molar-refractivity contribution in [2.45, 2.75) is 6.42 Å². The van der Waals surface area contributed by atoms with E-state index in [9.17, 15) is 4.79 Å². The first-order chi connectivity index (χ1) is 12.6. The van der Waals surface area contributed by atoms with Crippen molar-refractivity contribution in [3.05, 3.63) is 54.1 Å². The largest absolute Gasteiger partial charge is 0.496 e. The maximum atomic E-state index is 13.3. The average Bonchev–Trinajstić information content (AvgIpc) is 3.08. The summed E-state index contributed by atoms with van der Waals surface area (Å²) in [7, 11) is 5.65. The minimum atomic E-state index is -0.0831. The quantitative estimate of drug-likeness (QED) is 0.587. The normalized spacial score (nSPS) is 10.7. The molecule has 0 unspecified atom stereocenters. The molecular weight excluding hydrogens is 382 g/mol. The molecule has 144 valence electrons. The van der Waals surface area contributed by atoms with Crippen LogP contribution in [0.5, 0.6) is 5.75 Å². The van der Waals surface area contributed by atoms with Gasteiger partial charge in [0, 0.05) is 6.54 Å². The maximum absolute atomic E-state index is 13.3. The molecule has 1 heterocycles. The molecule has 0 aliphatic rings. The number of ether oxygens (including phenoxy) is 1. The summed E-state index contributed by atoms with van der Waals surface area (Å²) in [5, 5.41) is 0.723. The lowest BCUT2D eigenvalue weighted by Gasteiger charge is -2.22. The molecule has 0 N–H and O–H groups in total. The molecular formula is C20H24ClN3O2S. The van der Waals surface area contributed by atoms with Gasteiger partial charge in [0.25, 0.3) is 5.91 Å². The molecule has 2 aromatic carbocycles. The lowest BCUT2D eigenvalue weighted by atomic mass is 10.1. The standard InChI is InChI=1S/C20H23N3O2S.ClH/c1-22(2)13-8-14-23(19(24)15-9-4-6-11-17(15)25-3)20-21-16-10-5-7-12-18(16)26-20;/h4-7,9-12H,8,13-14H2,1-3H3;1H. The van der Waals surface area contributed by atoms with Gasteiger partial charge in [0.2, 0.25) is 0 Å². The highest BCUT2D eigenvalue weighted by molar-refractivity contribution is 7.22. The van der Waals surface area contributed by atoms with E-state index in [-0.39, 0.29) is 18.3 Å². The molecule has 0 aliphatic heterocycles. The molecule has 0 aliphatic carbocycles. The van der Waals surface area contributed by atoms with Gasteiger partial charge in [-0.25, -0.2) is 4.98 Å². The SMILES string of the molecule is COc1ccccc1C(=O)N(CCCN(C)C)c1nc2ccccc2s1.Cl. The molecule has 0 fully saturated rings. The zero-order valence-electron chi connectivity index (χ0n) is 15.7. The number of aromatic nitrogens is 1. The number of halogens is 1. The van der Waals surface area contributed by atoms with E-state index >= 15 is 0 Å². The number of anilines is 1. The van der Waals surface area contributed by atoms with Gasteiger partial charge in [0.05, 0.1) is 22.9 Å². The minimum Gasteiger partial charge on any atom is -0.496 e. The molecule has 0 saturated carbocycles. The number of hydrogen-bond donors (Lipinski definition) is 0. The molecule has 27 heavy (non-hydrogen) atoms. The van der Waals surface area contributed by atoms with Crippen molar-refractivity contribution < 1.29 is 9.53 Å². The van der Waals surface area contributed by atoms with E-state index in [0.717, 1.165) is 28.3 Å². The van der Waals surface area contributed by atoms with Crippen molar-refractivity contribution >= 4 is 45.0 Å². The average molecular weight is 406 g/mol. The smallest absolute Gasteiger partial charge is 0.263 e. The van der Waals surface area contributed by atoms with Crippen LogP contribution in [0.15, 0.2) is 48.5 Å². The van der Waals surface area contributed by atoms with Crippen LogP contribution in [0.1, 0.15) is 16.8 Å². The van der Waals surface area contributed by atoms with Crippen molar-refractivity contribution in [2.75, 3.05) is 39.2 Å². The Balaban J connectivity index is 0.00000261. The molecule has 5 nitrogen and oxygen atoms in total. The summed E-state index contributed by atoms with van der Waals surface area (Å²) in [6.07, 6.45) is 0.865. The van der Waals surface area contributed by atoms with Crippen LogP contribution in [0, 0.1) is 0 Å². The lowest BCUT2D eigenvalue weighted by molar-refractivity contribution is 0.0983. The number of benzene rings is 2. The minimum absolute atomic E-state index is 0. The maximum Gasteiger partial charge on any atom is 0.263 e. The number of amides is 1. The number of carbonyl (C=O) groups is 1. The monoisotopic (exact) mass is 405 g/mol. The fourth-order valence-corrected chi connectivity index (χ4v) is 3.76. The third-order valence-electron chi connectivity index (χ3n) is 4.08. The van der Waals surface area contributed by atoms with Crippen LogP contribution in [0.2, 0.25) is 0 Å². The molecule has 0 spiro atoms. The van der Waals surface area contributed by atoms with E-state index in [1.54, 1.807) is 29.4 Å². The third-order valence-corrected chi connectivity index (χ3v) is 5.14. The molecule has 0 atom stereocenters. The predicted octanol–water partition coefficient (Wildman–Crippen LogP) is 4.33. The van der Waals surface area contributed by atoms with Crippen molar-refractivity contribution in [2.24, 2.45) is 0 Å². The Labute approximate surface area is 170 Å². The second-order valence-electron chi connectivity index (χ2n) is 6.28. The highest BCUT2D eigenvalue weighted by Gasteiger charge is 2.23.